The summed E-state index contributed by atoms with van der Waals surface area (Å²) in [4.78, 5) is 0. The second-order valence-electron chi connectivity index (χ2n) is 9.27. The first-order chi connectivity index (χ1) is 12.0. The number of rotatable bonds is 5. The number of hydrogen-bond acceptors (Lipinski definition) is 3. The summed E-state index contributed by atoms with van der Waals surface area (Å²) in [5.74, 6) is 3.05. The fraction of sp³-hybridized carbons (Fsp3) is 0.714. The SMILES string of the molecule is OC(O)c1cc(C2CC2)c(OCC23CC4CC(CC(C4)C2)C3)cc1F. The number of hydrogen-bond donors (Lipinski definition) is 2. The van der Waals surface area contributed by atoms with Crippen molar-refractivity contribution in [2.45, 2.75) is 63.6 Å². The van der Waals surface area contributed by atoms with Gasteiger partial charge in [0.15, 0.2) is 6.29 Å². The van der Waals surface area contributed by atoms with Crippen LogP contribution in [0.5, 0.6) is 5.75 Å². The Morgan fingerprint density at radius 3 is 2.16 bits per heavy atom. The molecule has 0 amide bonds. The molecule has 4 bridgehead atoms. The minimum Gasteiger partial charge on any atom is -0.493 e. The van der Waals surface area contributed by atoms with Crippen LogP contribution in [0.2, 0.25) is 0 Å². The predicted octanol–water partition coefficient (Wildman–Crippen LogP) is 4.28. The molecule has 5 fully saturated rings. The van der Waals surface area contributed by atoms with Gasteiger partial charge >= 0.3 is 0 Å². The normalized spacial score (nSPS) is 36.2. The van der Waals surface area contributed by atoms with Crippen LogP contribution in [0.15, 0.2) is 12.1 Å². The largest absolute Gasteiger partial charge is 0.493 e. The summed E-state index contributed by atoms with van der Waals surface area (Å²) in [7, 11) is 0. The van der Waals surface area contributed by atoms with Crippen molar-refractivity contribution in [2.24, 2.45) is 23.2 Å². The van der Waals surface area contributed by atoms with Crippen LogP contribution < -0.4 is 4.74 Å². The van der Waals surface area contributed by atoms with Gasteiger partial charge in [-0.25, -0.2) is 4.39 Å². The van der Waals surface area contributed by atoms with E-state index in [-0.39, 0.29) is 5.56 Å². The van der Waals surface area contributed by atoms with E-state index in [4.69, 9.17) is 4.74 Å². The van der Waals surface area contributed by atoms with Gasteiger partial charge in [0, 0.05) is 17.0 Å². The zero-order valence-electron chi connectivity index (χ0n) is 14.6. The Morgan fingerprint density at radius 2 is 1.64 bits per heavy atom. The van der Waals surface area contributed by atoms with Crippen LogP contribution in [0, 0.1) is 29.0 Å². The summed E-state index contributed by atoms with van der Waals surface area (Å²) in [5.41, 5.74) is 1.21. The lowest BCUT2D eigenvalue weighted by atomic mass is 9.50. The summed E-state index contributed by atoms with van der Waals surface area (Å²) < 4.78 is 20.5. The molecule has 3 nitrogen and oxygen atoms in total. The number of ether oxygens (including phenoxy) is 1. The van der Waals surface area contributed by atoms with E-state index in [9.17, 15) is 14.6 Å². The van der Waals surface area contributed by atoms with Crippen molar-refractivity contribution >= 4 is 0 Å². The van der Waals surface area contributed by atoms with Crippen LogP contribution in [0.4, 0.5) is 4.39 Å². The van der Waals surface area contributed by atoms with Crippen molar-refractivity contribution in [3.8, 4) is 5.75 Å². The molecule has 1 aromatic carbocycles. The predicted molar refractivity (Wildman–Crippen MR) is 91.7 cm³/mol. The third-order valence-electron chi connectivity index (χ3n) is 7.12. The first-order valence-electron chi connectivity index (χ1n) is 9.84. The van der Waals surface area contributed by atoms with E-state index in [1.54, 1.807) is 6.07 Å². The number of benzene rings is 1. The van der Waals surface area contributed by atoms with Crippen molar-refractivity contribution in [3.63, 3.8) is 0 Å². The third-order valence-corrected chi connectivity index (χ3v) is 7.12. The molecule has 0 aromatic heterocycles. The minimum atomic E-state index is -1.77. The maximum absolute atomic E-state index is 14.2. The highest BCUT2D eigenvalue weighted by molar-refractivity contribution is 5.43. The van der Waals surface area contributed by atoms with E-state index in [1.807, 2.05) is 0 Å². The van der Waals surface area contributed by atoms with E-state index >= 15 is 0 Å². The van der Waals surface area contributed by atoms with Gasteiger partial charge in [-0.3, -0.25) is 0 Å². The lowest BCUT2D eigenvalue weighted by Gasteiger charge is -2.56. The number of aliphatic hydroxyl groups excluding tert-OH is 1. The van der Waals surface area contributed by atoms with E-state index in [1.165, 1.54) is 44.6 Å². The van der Waals surface area contributed by atoms with Gasteiger partial charge in [0.05, 0.1) is 6.61 Å². The van der Waals surface area contributed by atoms with Gasteiger partial charge in [-0.2, -0.15) is 0 Å². The summed E-state index contributed by atoms with van der Waals surface area (Å²) in [6.07, 6.45) is 8.41. The molecule has 0 radical (unpaired) electrons. The fourth-order valence-electron chi connectivity index (χ4n) is 6.32. The molecule has 5 aliphatic carbocycles. The van der Waals surface area contributed by atoms with E-state index in [0.29, 0.717) is 23.7 Å². The van der Waals surface area contributed by atoms with E-state index in [2.05, 4.69) is 0 Å². The number of halogens is 1. The molecular weight excluding hydrogens is 319 g/mol. The van der Waals surface area contributed by atoms with Gasteiger partial charge in [-0.15, -0.1) is 0 Å². The van der Waals surface area contributed by atoms with Crippen LogP contribution in [0.1, 0.15) is 74.7 Å². The van der Waals surface area contributed by atoms with E-state index in [0.717, 1.165) is 36.2 Å². The number of aliphatic hydroxyl groups is 2. The molecular formula is C21H27FO3. The van der Waals surface area contributed by atoms with Gasteiger partial charge in [0.25, 0.3) is 0 Å². The first kappa shape index (κ1) is 16.1. The molecule has 4 heteroatoms. The first-order valence-corrected chi connectivity index (χ1v) is 9.84. The van der Waals surface area contributed by atoms with Gasteiger partial charge in [0.2, 0.25) is 0 Å². The summed E-state index contributed by atoms with van der Waals surface area (Å²) in [6.45, 7) is 0.691. The van der Waals surface area contributed by atoms with Crippen LogP contribution in [0.3, 0.4) is 0 Å². The Morgan fingerprint density at radius 1 is 1.04 bits per heavy atom. The molecule has 6 rings (SSSR count). The molecule has 0 saturated heterocycles. The molecule has 0 aliphatic heterocycles. The highest BCUT2D eigenvalue weighted by atomic mass is 19.1. The quantitative estimate of drug-likeness (QED) is 0.782. The zero-order valence-corrected chi connectivity index (χ0v) is 14.6. The lowest BCUT2D eigenvalue weighted by Crippen LogP contribution is -2.48. The standard InChI is InChI=1S/C21H27FO3/c22-18-7-19(16(15-1-2-15)6-17(18)20(23)24)25-11-21-8-12-3-13(9-21)5-14(4-12)10-21/h6-7,12-15,20,23-24H,1-5,8-11H2. The summed E-state index contributed by atoms with van der Waals surface area (Å²) in [5, 5.41) is 18.8. The van der Waals surface area contributed by atoms with E-state index < -0.39 is 12.1 Å². The fourth-order valence-corrected chi connectivity index (χ4v) is 6.32. The van der Waals surface area contributed by atoms with Gasteiger partial charge in [-0.1, -0.05) is 0 Å². The van der Waals surface area contributed by atoms with Crippen molar-refractivity contribution in [1.29, 1.82) is 0 Å². The summed E-state index contributed by atoms with van der Waals surface area (Å²) in [6, 6.07) is 2.98. The van der Waals surface area contributed by atoms with Crippen molar-refractivity contribution < 1.29 is 19.3 Å². The van der Waals surface area contributed by atoms with Gasteiger partial charge in [0.1, 0.15) is 11.6 Å². The highest BCUT2D eigenvalue weighted by Crippen LogP contribution is 2.60. The van der Waals surface area contributed by atoms with Crippen LogP contribution >= 0.6 is 0 Å². The molecule has 136 valence electrons. The average Bonchev–Trinajstić information content (AvgIpc) is 3.36. The van der Waals surface area contributed by atoms with Crippen molar-refractivity contribution in [3.05, 3.63) is 29.1 Å². The monoisotopic (exact) mass is 346 g/mol. The Bertz CT molecular complexity index is 645. The topological polar surface area (TPSA) is 49.7 Å². The van der Waals surface area contributed by atoms with Crippen LogP contribution in [0.25, 0.3) is 0 Å². The molecule has 5 saturated carbocycles. The maximum atomic E-state index is 14.2. The average molecular weight is 346 g/mol. The Kier molecular flexibility index (Phi) is 3.65. The Labute approximate surface area is 148 Å². The lowest BCUT2D eigenvalue weighted by molar-refractivity contribution is -0.0747. The zero-order chi connectivity index (χ0) is 17.2. The molecule has 0 spiro atoms. The molecule has 1 aromatic rings. The molecule has 5 aliphatic rings. The molecule has 0 heterocycles. The summed E-state index contributed by atoms with van der Waals surface area (Å²) >= 11 is 0. The van der Waals surface area contributed by atoms with Crippen LogP contribution in [-0.2, 0) is 0 Å². The van der Waals surface area contributed by atoms with Gasteiger partial charge < -0.3 is 14.9 Å². The molecule has 0 unspecified atom stereocenters. The van der Waals surface area contributed by atoms with Crippen molar-refractivity contribution in [2.75, 3.05) is 6.61 Å². The smallest absolute Gasteiger partial charge is 0.181 e. The second-order valence-corrected chi connectivity index (χ2v) is 9.27. The maximum Gasteiger partial charge on any atom is 0.181 e. The third kappa shape index (κ3) is 2.87. The Hall–Kier alpha value is -1.13. The van der Waals surface area contributed by atoms with Crippen LogP contribution in [-0.4, -0.2) is 16.8 Å². The van der Waals surface area contributed by atoms with Gasteiger partial charge in [-0.05, 0) is 86.7 Å². The molecule has 2 N–H and O–H groups in total. The highest BCUT2D eigenvalue weighted by Gasteiger charge is 2.51. The molecule has 0 atom stereocenters. The second kappa shape index (κ2) is 5.68. The van der Waals surface area contributed by atoms with Crippen molar-refractivity contribution in [1.82, 2.24) is 0 Å². The molecule has 25 heavy (non-hydrogen) atoms. The minimum absolute atomic E-state index is 0.0379. The Balaban J connectivity index is 1.38.